The van der Waals surface area contributed by atoms with Crippen LogP contribution >= 0.6 is 27.5 Å². The smallest absolute Gasteiger partial charge is 0.360 e. The molecule has 0 fully saturated rings. The van der Waals surface area contributed by atoms with E-state index in [-0.39, 0.29) is 22.2 Å². The van der Waals surface area contributed by atoms with Crippen molar-refractivity contribution in [2.75, 3.05) is 7.11 Å². The van der Waals surface area contributed by atoms with Crippen LogP contribution in [0, 0.1) is 0 Å². The molecule has 0 atom stereocenters. The topological polar surface area (TPSA) is 72.6 Å². The predicted octanol–water partition coefficient (Wildman–Crippen LogP) is 2.74. The first-order valence-corrected chi connectivity index (χ1v) is 5.27. The number of aromatic hydroxyl groups is 1. The number of rotatable bonds is 1. The Morgan fingerprint density at radius 2 is 2.38 bits per heavy atom. The van der Waals surface area contributed by atoms with Crippen LogP contribution in [0.15, 0.2) is 15.2 Å². The Balaban J connectivity index is 2.79. The van der Waals surface area contributed by atoms with Gasteiger partial charge in [-0.05, 0) is 15.9 Å². The average molecular weight is 306 g/mol. The van der Waals surface area contributed by atoms with Gasteiger partial charge in [-0.25, -0.2) is 9.78 Å². The van der Waals surface area contributed by atoms with Crippen LogP contribution in [0.5, 0.6) is 5.75 Å². The third-order valence-electron chi connectivity index (χ3n) is 1.96. The summed E-state index contributed by atoms with van der Waals surface area (Å²) in [4.78, 5) is 15.0. The number of furan rings is 1. The highest BCUT2D eigenvalue weighted by atomic mass is 79.9. The second-order valence-electron chi connectivity index (χ2n) is 2.88. The summed E-state index contributed by atoms with van der Waals surface area (Å²) in [6.07, 6.45) is 0. The van der Waals surface area contributed by atoms with Crippen LogP contribution in [0.25, 0.3) is 11.0 Å². The molecule has 0 saturated heterocycles. The Labute approximate surface area is 103 Å². The summed E-state index contributed by atoms with van der Waals surface area (Å²) >= 11 is 8.90. The van der Waals surface area contributed by atoms with E-state index in [1.807, 2.05) is 0 Å². The van der Waals surface area contributed by atoms with Gasteiger partial charge >= 0.3 is 5.97 Å². The third-order valence-corrected chi connectivity index (χ3v) is 2.60. The molecular weight excluding hydrogens is 301 g/mol. The van der Waals surface area contributed by atoms with Crippen molar-refractivity contribution < 1.29 is 19.1 Å². The molecule has 0 unspecified atom stereocenters. The zero-order valence-corrected chi connectivity index (χ0v) is 10.3. The minimum absolute atomic E-state index is 0.0149. The monoisotopic (exact) mass is 305 g/mol. The molecule has 2 rings (SSSR count). The number of carbonyl (C=O) groups excluding carboxylic acids is 1. The Kier molecular flexibility index (Phi) is 2.77. The highest BCUT2D eigenvalue weighted by Crippen LogP contribution is 2.36. The number of ether oxygens (including phenoxy) is 1. The van der Waals surface area contributed by atoms with Gasteiger partial charge in [0.25, 0.3) is 0 Å². The van der Waals surface area contributed by atoms with Crippen molar-refractivity contribution in [2.45, 2.75) is 0 Å². The van der Waals surface area contributed by atoms with Gasteiger partial charge in [0, 0.05) is 6.07 Å². The molecule has 0 aliphatic heterocycles. The molecule has 2 aromatic heterocycles. The molecule has 0 bridgehead atoms. The minimum Gasteiger partial charge on any atom is -0.505 e. The van der Waals surface area contributed by atoms with Gasteiger partial charge in [-0.3, -0.25) is 0 Å². The number of aromatic nitrogens is 1. The highest BCUT2D eigenvalue weighted by molar-refractivity contribution is 9.10. The fourth-order valence-corrected chi connectivity index (χ4v) is 1.87. The van der Waals surface area contributed by atoms with E-state index in [1.165, 1.54) is 13.2 Å². The zero-order chi connectivity index (χ0) is 11.9. The van der Waals surface area contributed by atoms with E-state index in [2.05, 4.69) is 25.7 Å². The van der Waals surface area contributed by atoms with Gasteiger partial charge in [0.2, 0.25) is 0 Å². The SMILES string of the molecule is COC(=O)c1nc(Cl)c2oc(Br)cc2c1O. The number of carbonyl (C=O) groups is 1. The van der Waals surface area contributed by atoms with Gasteiger partial charge in [0.15, 0.2) is 26.8 Å². The van der Waals surface area contributed by atoms with Crippen molar-refractivity contribution in [3.8, 4) is 5.75 Å². The van der Waals surface area contributed by atoms with Gasteiger partial charge < -0.3 is 14.3 Å². The number of methoxy groups -OCH3 is 1. The summed E-state index contributed by atoms with van der Waals surface area (Å²) in [5.74, 6) is -1.08. The largest absolute Gasteiger partial charge is 0.505 e. The molecule has 7 heteroatoms. The molecule has 16 heavy (non-hydrogen) atoms. The fraction of sp³-hybridized carbons (Fsp3) is 0.111. The number of hydrogen-bond acceptors (Lipinski definition) is 5. The molecular formula is C9H5BrClNO4. The quantitative estimate of drug-likeness (QED) is 0.648. The van der Waals surface area contributed by atoms with Crippen LogP contribution in [0.1, 0.15) is 10.5 Å². The Hall–Kier alpha value is -1.27. The molecule has 0 saturated carbocycles. The maximum Gasteiger partial charge on any atom is 0.360 e. The zero-order valence-electron chi connectivity index (χ0n) is 7.95. The minimum atomic E-state index is -0.765. The summed E-state index contributed by atoms with van der Waals surface area (Å²) in [5.41, 5.74) is -0.0352. The van der Waals surface area contributed by atoms with Gasteiger partial charge in [0.05, 0.1) is 12.5 Å². The number of hydrogen-bond donors (Lipinski definition) is 1. The molecule has 5 nitrogen and oxygen atoms in total. The van der Waals surface area contributed by atoms with Crippen molar-refractivity contribution in [1.29, 1.82) is 0 Å². The second-order valence-corrected chi connectivity index (χ2v) is 4.02. The fourth-order valence-electron chi connectivity index (χ4n) is 1.26. The first kappa shape index (κ1) is 11.2. The van der Waals surface area contributed by atoms with Crippen LogP contribution < -0.4 is 0 Å². The normalized spacial score (nSPS) is 10.7. The van der Waals surface area contributed by atoms with Crippen molar-refractivity contribution >= 4 is 44.5 Å². The standard InChI is InChI=1S/C9H5BrClNO4/c1-15-9(14)5-6(13)3-2-4(10)16-7(3)8(11)12-5/h2,13H,1H3. The second kappa shape index (κ2) is 3.95. The van der Waals surface area contributed by atoms with E-state index in [0.29, 0.717) is 10.1 Å². The Morgan fingerprint density at radius 3 is 3.00 bits per heavy atom. The lowest BCUT2D eigenvalue weighted by Gasteiger charge is -2.02. The summed E-state index contributed by atoms with van der Waals surface area (Å²) in [7, 11) is 1.19. The van der Waals surface area contributed by atoms with Gasteiger partial charge in [-0.2, -0.15) is 0 Å². The molecule has 0 amide bonds. The molecule has 0 radical (unpaired) electrons. The average Bonchev–Trinajstić information content (AvgIpc) is 2.65. The van der Waals surface area contributed by atoms with Crippen molar-refractivity contribution in [3.05, 3.63) is 21.6 Å². The molecule has 2 aromatic rings. The summed E-state index contributed by atoms with van der Waals surface area (Å²) < 4.78 is 10.0. The van der Waals surface area contributed by atoms with Crippen molar-refractivity contribution in [2.24, 2.45) is 0 Å². The first-order valence-electron chi connectivity index (χ1n) is 4.10. The maximum atomic E-state index is 11.3. The first-order chi connectivity index (χ1) is 7.54. The van der Waals surface area contributed by atoms with Crippen LogP contribution in [0.2, 0.25) is 5.15 Å². The van der Waals surface area contributed by atoms with Gasteiger partial charge in [0.1, 0.15) is 0 Å². The van der Waals surface area contributed by atoms with Crippen molar-refractivity contribution in [3.63, 3.8) is 0 Å². The lowest BCUT2D eigenvalue weighted by Crippen LogP contribution is -2.04. The molecule has 0 aliphatic carbocycles. The molecule has 0 aromatic carbocycles. The number of nitrogens with zero attached hydrogens (tertiary/aromatic N) is 1. The predicted molar refractivity (Wildman–Crippen MR) is 59.7 cm³/mol. The Morgan fingerprint density at radius 1 is 1.69 bits per heavy atom. The van der Waals surface area contributed by atoms with Crippen molar-refractivity contribution in [1.82, 2.24) is 4.98 Å². The lowest BCUT2D eigenvalue weighted by atomic mass is 10.2. The lowest BCUT2D eigenvalue weighted by molar-refractivity contribution is 0.0591. The van der Waals surface area contributed by atoms with E-state index in [4.69, 9.17) is 16.0 Å². The van der Waals surface area contributed by atoms with Crippen LogP contribution in [-0.2, 0) is 4.74 Å². The van der Waals surface area contributed by atoms with Crippen LogP contribution in [0.4, 0.5) is 0 Å². The molecule has 0 spiro atoms. The number of halogens is 2. The summed E-state index contributed by atoms with van der Waals surface area (Å²) in [6.45, 7) is 0. The highest BCUT2D eigenvalue weighted by Gasteiger charge is 2.21. The molecule has 2 heterocycles. The van der Waals surface area contributed by atoms with Gasteiger partial charge in [-0.1, -0.05) is 11.6 Å². The Bertz CT molecular complexity index is 580. The van der Waals surface area contributed by atoms with E-state index in [0.717, 1.165) is 0 Å². The van der Waals surface area contributed by atoms with E-state index in [9.17, 15) is 9.90 Å². The number of fused-ring (bicyclic) bond motifs is 1. The van der Waals surface area contributed by atoms with E-state index >= 15 is 0 Å². The van der Waals surface area contributed by atoms with E-state index < -0.39 is 5.97 Å². The summed E-state index contributed by atoms with van der Waals surface area (Å²) in [5, 5.41) is 10.1. The summed E-state index contributed by atoms with van der Waals surface area (Å²) in [6, 6.07) is 1.49. The third kappa shape index (κ3) is 1.64. The van der Waals surface area contributed by atoms with Crippen LogP contribution in [-0.4, -0.2) is 23.2 Å². The van der Waals surface area contributed by atoms with Gasteiger partial charge in [-0.15, -0.1) is 0 Å². The maximum absolute atomic E-state index is 11.3. The van der Waals surface area contributed by atoms with E-state index in [1.54, 1.807) is 0 Å². The molecule has 84 valence electrons. The molecule has 1 N–H and O–H groups in total. The number of pyridine rings is 1. The molecule has 0 aliphatic rings. The number of esters is 1. The van der Waals surface area contributed by atoms with Crippen LogP contribution in [0.3, 0.4) is 0 Å².